The Morgan fingerprint density at radius 2 is 2.04 bits per heavy atom. The lowest BCUT2D eigenvalue weighted by molar-refractivity contribution is -0.115. The Morgan fingerprint density at radius 3 is 2.80 bits per heavy atom. The molecule has 0 aromatic rings. The molecule has 4 aliphatic carbocycles. The summed E-state index contributed by atoms with van der Waals surface area (Å²) in [6, 6.07) is 0. The number of hydrogen-bond donors (Lipinski definition) is 0. The molecule has 2 fully saturated rings. The van der Waals surface area contributed by atoms with E-state index in [-0.39, 0.29) is 16.6 Å². The third kappa shape index (κ3) is 1.78. The van der Waals surface area contributed by atoms with Crippen LogP contribution in [-0.2, 0) is 14.3 Å². The van der Waals surface area contributed by atoms with Crippen molar-refractivity contribution >= 4 is 11.9 Å². The maximum absolute atomic E-state index is 11.9. The molecule has 4 unspecified atom stereocenters. The van der Waals surface area contributed by atoms with E-state index in [4.69, 9.17) is 9.47 Å². The van der Waals surface area contributed by atoms with Crippen molar-refractivity contribution in [2.75, 3.05) is 6.61 Å². The zero-order chi connectivity index (χ0) is 17.4. The molecule has 5 atom stereocenters. The molecule has 4 nitrogen and oxygen atoms in total. The Hall–Kier alpha value is -1.84. The van der Waals surface area contributed by atoms with Gasteiger partial charge in [-0.05, 0) is 43.3 Å². The molecule has 0 N–H and O–H groups in total. The van der Waals surface area contributed by atoms with E-state index in [0.717, 1.165) is 31.3 Å². The third-order valence-electron chi connectivity index (χ3n) is 7.90. The molecule has 0 amide bonds. The molecule has 5 aliphatic rings. The third-order valence-corrected chi connectivity index (χ3v) is 7.90. The quantitative estimate of drug-likeness (QED) is 0.492. The number of hydrogen-bond acceptors (Lipinski definition) is 4. The fourth-order valence-electron chi connectivity index (χ4n) is 6.22. The van der Waals surface area contributed by atoms with Gasteiger partial charge in [-0.1, -0.05) is 37.6 Å². The summed E-state index contributed by atoms with van der Waals surface area (Å²) in [4.78, 5) is 23.5. The van der Waals surface area contributed by atoms with Gasteiger partial charge in [0.1, 0.15) is 6.61 Å². The van der Waals surface area contributed by atoms with E-state index < -0.39 is 11.8 Å². The zero-order valence-corrected chi connectivity index (χ0v) is 14.8. The maximum Gasteiger partial charge on any atom is 0.509 e. The van der Waals surface area contributed by atoms with Crippen LogP contribution in [0, 0.1) is 22.7 Å². The monoisotopic (exact) mass is 340 g/mol. The molecule has 0 radical (unpaired) electrons. The Bertz CT molecular complexity index is 775. The molecule has 0 aromatic carbocycles. The Labute approximate surface area is 147 Å². The zero-order valence-electron chi connectivity index (χ0n) is 14.8. The summed E-state index contributed by atoms with van der Waals surface area (Å²) in [6.45, 7) is 4.95. The lowest BCUT2D eigenvalue weighted by Gasteiger charge is -2.52. The first-order valence-electron chi connectivity index (χ1n) is 9.38. The smallest absolute Gasteiger partial charge is 0.430 e. The standard InChI is InChI=1S/C21H24O4/c1-19-8-5-14(22)11-13(19)3-4-15-16(19)6-9-20(2)17(15)7-10-21(20)12-24-18(23)25-21/h3-4,6,11,15,17H,5,7-10,12H2,1-2H3/t15?,17?,19?,20?,21-/m1/s1. The van der Waals surface area contributed by atoms with Crippen LogP contribution in [0.1, 0.15) is 46.0 Å². The van der Waals surface area contributed by atoms with Crippen LogP contribution in [0.15, 0.2) is 35.5 Å². The van der Waals surface area contributed by atoms with Gasteiger partial charge in [0.2, 0.25) is 0 Å². The van der Waals surface area contributed by atoms with E-state index in [0.29, 0.717) is 24.9 Å². The number of carbonyl (C=O) groups is 2. The molecular weight excluding hydrogens is 316 g/mol. The molecule has 5 rings (SSSR count). The predicted molar refractivity (Wildman–Crippen MR) is 91.8 cm³/mol. The largest absolute Gasteiger partial charge is 0.509 e. The van der Waals surface area contributed by atoms with E-state index in [9.17, 15) is 9.59 Å². The van der Waals surface area contributed by atoms with Crippen LogP contribution < -0.4 is 0 Å². The molecule has 1 saturated heterocycles. The van der Waals surface area contributed by atoms with E-state index in [1.807, 2.05) is 6.08 Å². The summed E-state index contributed by atoms with van der Waals surface area (Å²) in [6.07, 6.45) is 12.5. The first kappa shape index (κ1) is 15.4. The number of carbonyl (C=O) groups excluding carboxylic acids is 2. The van der Waals surface area contributed by atoms with Crippen LogP contribution in [-0.4, -0.2) is 24.1 Å². The van der Waals surface area contributed by atoms with Gasteiger partial charge in [0.25, 0.3) is 0 Å². The molecule has 25 heavy (non-hydrogen) atoms. The van der Waals surface area contributed by atoms with Crippen molar-refractivity contribution in [2.24, 2.45) is 22.7 Å². The van der Waals surface area contributed by atoms with Gasteiger partial charge in [0.15, 0.2) is 11.4 Å². The number of fused-ring (bicyclic) bond motifs is 6. The highest BCUT2D eigenvalue weighted by molar-refractivity contribution is 5.92. The molecule has 0 bridgehead atoms. The SMILES string of the molecule is CC12CCC(=O)C=C1C=CC1C2=CCC2(C)C1CC[C@@]21COC(=O)O1. The van der Waals surface area contributed by atoms with Gasteiger partial charge in [-0.15, -0.1) is 0 Å². The van der Waals surface area contributed by atoms with E-state index in [1.165, 1.54) is 5.57 Å². The minimum Gasteiger partial charge on any atom is -0.430 e. The van der Waals surface area contributed by atoms with Gasteiger partial charge in [-0.2, -0.15) is 0 Å². The summed E-state index contributed by atoms with van der Waals surface area (Å²) in [5, 5.41) is 0. The fraction of sp³-hybridized carbons (Fsp3) is 0.619. The first-order chi connectivity index (χ1) is 11.9. The van der Waals surface area contributed by atoms with Gasteiger partial charge in [0, 0.05) is 23.2 Å². The maximum atomic E-state index is 11.9. The molecule has 1 saturated carbocycles. The van der Waals surface area contributed by atoms with E-state index in [2.05, 4.69) is 32.1 Å². The normalized spacial score (nSPS) is 47.4. The Balaban J connectivity index is 1.58. The van der Waals surface area contributed by atoms with Crippen molar-refractivity contribution < 1.29 is 19.1 Å². The highest BCUT2D eigenvalue weighted by atomic mass is 16.8. The van der Waals surface area contributed by atoms with Crippen LogP contribution in [0.2, 0.25) is 0 Å². The van der Waals surface area contributed by atoms with Crippen molar-refractivity contribution in [1.29, 1.82) is 0 Å². The number of ether oxygens (including phenoxy) is 2. The van der Waals surface area contributed by atoms with Crippen molar-refractivity contribution in [2.45, 2.75) is 51.6 Å². The second-order valence-corrected chi connectivity index (χ2v) is 8.84. The van der Waals surface area contributed by atoms with Crippen LogP contribution in [0.4, 0.5) is 4.79 Å². The molecule has 132 valence electrons. The van der Waals surface area contributed by atoms with Gasteiger partial charge >= 0.3 is 6.16 Å². The topological polar surface area (TPSA) is 52.6 Å². The molecular formula is C21H24O4. The summed E-state index contributed by atoms with van der Waals surface area (Å²) in [5.41, 5.74) is 2.06. The van der Waals surface area contributed by atoms with Crippen molar-refractivity contribution in [3.05, 3.63) is 35.5 Å². The van der Waals surface area contributed by atoms with Gasteiger partial charge in [-0.3, -0.25) is 4.79 Å². The van der Waals surface area contributed by atoms with Gasteiger partial charge in [-0.25, -0.2) is 4.79 Å². The fourth-order valence-corrected chi connectivity index (χ4v) is 6.22. The second-order valence-electron chi connectivity index (χ2n) is 8.84. The molecule has 1 spiro atoms. The highest BCUT2D eigenvalue weighted by Crippen LogP contribution is 2.65. The van der Waals surface area contributed by atoms with Gasteiger partial charge < -0.3 is 9.47 Å². The second kappa shape index (κ2) is 4.66. The summed E-state index contributed by atoms with van der Waals surface area (Å²) in [5.74, 6) is 1.06. The van der Waals surface area contributed by atoms with Crippen molar-refractivity contribution in [3.63, 3.8) is 0 Å². The van der Waals surface area contributed by atoms with Crippen molar-refractivity contribution in [1.82, 2.24) is 0 Å². The highest BCUT2D eigenvalue weighted by Gasteiger charge is 2.66. The molecule has 4 heteroatoms. The lowest BCUT2D eigenvalue weighted by Crippen LogP contribution is -2.51. The first-order valence-corrected chi connectivity index (χ1v) is 9.38. The minimum absolute atomic E-state index is 0.0206. The summed E-state index contributed by atoms with van der Waals surface area (Å²) < 4.78 is 10.9. The van der Waals surface area contributed by atoms with Crippen LogP contribution in [0.25, 0.3) is 0 Å². The van der Waals surface area contributed by atoms with Gasteiger partial charge in [0.05, 0.1) is 0 Å². The van der Waals surface area contributed by atoms with Crippen LogP contribution in [0.3, 0.4) is 0 Å². The van der Waals surface area contributed by atoms with E-state index in [1.54, 1.807) is 0 Å². The van der Waals surface area contributed by atoms with Crippen molar-refractivity contribution in [3.8, 4) is 0 Å². The van der Waals surface area contributed by atoms with Crippen LogP contribution in [0.5, 0.6) is 0 Å². The summed E-state index contributed by atoms with van der Waals surface area (Å²) >= 11 is 0. The number of allylic oxidation sites excluding steroid dienone is 6. The molecule has 1 aliphatic heterocycles. The molecule has 1 heterocycles. The molecule has 0 aromatic heterocycles. The minimum atomic E-state index is -0.515. The number of cyclic esters (lactones) is 1. The average molecular weight is 340 g/mol. The van der Waals surface area contributed by atoms with E-state index >= 15 is 0 Å². The average Bonchev–Trinajstić information content (AvgIpc) is 3.10. The number of rotatable bonds is 0. The lowest BCUT2D eigenvalue weighted by atomic mass is 9.52. The Kier molecular flexibility index (Phi) is 2.87. The summed E-state index contributed by atoms with van der Waals surface area (Å²) in [7, 11) is 0. The number of ketones is 1. The van der Waals surface area contributed by atoms with Crippen LogP contribution >= 0.6 is 0 Å². The Morgan fingerprint density at radius 1 is 1.20 bits per heavy atom. The predicted octanol–water partition coefficient (Wildman–Crippen LogP) is 4.12.